The Morgan fingerprint density at radius 2 is 1.10 bits per heavy atom. The SMILES string of the molecule is C[N+](C)(C)c1ccc(C=O)cc1.O=Cc1ccc([18F])cc1.O=S(=O)([O-])C(F)(F)F.[18F-].[O-][N+]#Cc1ccc([18F])cc1. The molecule has 40 heavy (non-hydrogen) atoms. The quantitative estimate of drug-likeness (QED) is 0.116. The van der Waals surface area contributed by atoms with E-state index in [-0.39, 0.29) is 16.3 Å². The van der Waals surface area contributed by atoms with Crippen molar-refractivity contribution in [2.24, 2.45) is 0 Å². The highest BCUT2D eigenvalue weighted by atomic mass is 32.2. The van der Waals surface area contributed by atoms with Crippen LogP contribution in [0.4, 0.5) is 27.6 Å². The van der Waals surface area contributed by atoms with Crippen LogP contribution in [-0.4, -0.2) is 52.2 Å². The Bertz CT molecular complexity index is 1350. The van der Waals surface area contributed by atoms with Crippen LogP contribution in [0, 0.1) is 22.9 Å². The lowest BCUT2D eigenvalue weighted by atomic mass is 10.2. The van der Waals surface area contributed by atoms with Gasteiger partial charge in [-0.15, -0.1) is 0 Å². The number of carbonyl (C=O) groups excluding carboxylic acids is 2. The number of rotatable bonds is 3. The number of nitrogens with zero attached hydrogens (tertiary/aromatic N) is 2. The minimum Gasteiger partial charge on any atom is -1.00 e. The molecule has 0 saturated carbocycles. The zero-order valence-electron chi connectivity index (χ0n) is 21.1. The molecular weight excluding hydrogens is 567 g/mol. The number of quaternary nitrogens is 1. The summed E-state index contributed by atoms with van der Waals surface area (Å²) < 4.78 is 84.0. The third-order valence-corrected chi connectivity index (χ3v) is 4.68. The van der Waals surface area contributed by atoms with Gasteiger partial charge in [-0.1, -0.05) is 0 Å². The topological polar surface area (TPSA) is 119 Å². The van der Waals surface area contributed by atoms with Gasteiger partial charge in [-0.05, 0) is 72.8 Å². The summed E-state index contributed by atoms with van der Waals surface area (Å²) in [5.41, 5.74) is -2.74. The van der Waals surface area contributed by atoms with E-state index in [0.29, 0.717) is 17.4 Å². The van der Waals surface area contributed by atoms with Gasteiger partial charge >= 0.3 is 11.6 Å². The molecule has 3 aromatic rings. The van der Waals surface area contributed by atoms with Crippen molar-refractivity contribution in [3.63, 3.8) is 0 Å². The van der Waals surface area contributed by atoms with Crippen LogP contribution in [0.1, 0.15) is 26.3 Å². The molecule has 0 heterocycles. The monoisotopic (exact) mass is 590 g/mol. The Morgan fingerprint density at radius 1 is 0.775 bits per heavy atom. The first-order chi connectivity index (χ1) is 17.9. The van der Waals surface area contributed by atoms with Crippen LogP contribution in [0.25, 0.3) is 5.01 Å². The Labute approximate surface area is 226 Å². The van der Waals surface area contributed by atoms with Gasteiger partial charge in [-0.2, -0.15) is 13.2 Å². The Kier molecular flexibility index (Phi) is 16.4. The second kappa shape index (κ2) is 17.4. The first-order valence-electron chi connectivity index (χ1n) is 10.4. The van der Waals surface area contributed by atoms with Gasteiger partial charge in [-0.3, -0.25) is 14.1 Å². The molecule has 0 fully saturated rings. The predicted molar refractivity (Wildman–Crippen MR) is 135 cm³/mol. The molecule has 218 valence electrons. The molecule has 0 aliphatic rings. The third-order valence-electron chi connectivity index (χ3n) is 4.11. The maximum absolute atomic E-state index is 12.2. The summed E-state index contributed by atoms with van der Waals surface area (Å²) in [6.45, 7) is 0. The zero-order chi connectivity index (χ0) is 30.3. The van der Waals surface area contributed by atoms with Crippen molar-refractivity contribution in [2.45, 2.75) is 5.51 Å². The number of hydrogen-bond donors (Lipinski definition) is 0. The van der Waals surface area contributed by atoms with Crippen LogP contribution in [-0.2, 0) is 10.1 Å². The lowest BCUT2D eigenvalue weighted by molar-refractivity contribution is -0.0518. The Morgan fingerprint density at radius 3 is 1.38 bits per heavy atom. The molecule has 0 aromatic heterocycles. The van der Waals surface area contributed by atoms with E-state index in [2.05, 4.69) is 32.2 Å². The van der Waals surface area contributed by atoms with Crippen molar-refractivity contribution < 1.29 is 49.2 Å². The smallest absolute Gasteiger partial charge is 0.485 e. The van der Waals surface area contributed by atoms with Crippen molar-refractivity contribution in [1.29, 1.82) is 0 Å². The molecule has 0 N–H and O–H groups in total. The molecule has 8 nitrogen and oxygen atoms in total. The normalized spacial score (nSPS) is 10.2. The highest BCUT2D eigenvalue weighted by Crippen LogP contribution is 2.20. The predicted octanol–water partition coefficient (Wildman–Crippen LogP) is 2.39. The molecule has 0 saturated heterocycles. The molecule has 0 aliphatic carbocycles. The number of aldehydes is 2. The fourth-order valence-corrected chi connectivity index (χ4v) is 2.12. The van der Waals surface area contributed by atoms with Crippen molar-refractivity contribution in [3.05, 3.63) is 111 Å². The average molecular weight is 591 g/mol. The maximum atomic E-state index is 12.2. The molecule has 0 atom stereocenters. The molecule has 0 amide bonds. The highest BCUT2D eigenvalue weighted by Gasteiger charge is 2.36. The van der Waals surface area contributed by atoms with Crippen molar-refractivity contribution in [1.82, 2.24) is 4.48 Å². The summed E-state index contributed by atoms with van der Waals surface area (Å²) in [7, 11) is 0.189. The van der Waals surface area contributed by atoms with E-state index in [1.807, 2.05) is 24.3 Å². The Balaban J connectivity index is 0. The molecule has 0 spiro atoms. The van der Waals surface area contributed by atoms with Crippen LogP contribution in [0.15, 0.2) is 72.8 Å². The molecule has 15 heteroatoms. The highest BCUT2D eigenvalue weighted by molar-refractivity contribution is 7.86. The molecular formula is C25H23F6N2O6S-. The summed E-state index contributed by atoms with van der Waals surface area (Å²) in [6.07, 6.45) is 1.54. The second-order valence-electron chi connectivity index (χ2n) is 8.00. The number of hydrogen-bond acceptors (Lipinski definition) is 6. The van der Waals surface area contributed by atoms with Gasteiger partial charge in [0.2, 0.25) is 0 Å². The third kappa shape index (κ3) is 15.9. The largest absolute Gasteiger partial charge is 1.00 e. The van der Waals surface area contributed by atoms with Crippen LogP contribution >= 0.6 is 0 Å². The summed E-state index contributed by atoms with van der Waals surface area (Å²) in [5.74, 6) is -0.656. The molecule has 0 aliphatic heterocycles. The lowest BCUT2D eigenvalue weighted by Gasteiger charge is -2.23. The van der Waals surface area contributed by atoms with E-state index in [1.54, 1.807) is 0 Å². The summed E-state index contributed by atoms with van der Waals surface area (Å²) in [4.78, 5) is 20.4. The second-order valence-corrected chi connectivity index (χ2v) is 9.37. The van der Waals surface area contributed by atoms with Crippen LogP contribution in [0.5, 0.6) is 0 Å². The van der Waals surface area contributed by atoms with E-state index in [9.17, 15) is 36.7 Å². The molecule has 3 aromatic carbocycles. The van der Waals surface area contributed by atoms with E-state index < -0.39 is 15.6 Å². The minimum atomic E-state index is -6.09. The van der Waals surface area contributed by atoms with Crippen molar-refractivity contribution >= 4 is 28.4 Å². The number of alkyl halides is 3. The summed E-state index contributed by atoms with van der Waals surface area (Å²) >= 11 is 0. The fraction of sp³-hybridized carbons (Fsp3) is 0.160. The molecule has 0 unspecified atom stereocenters. The minimum absolute atomic E-state index is 0. The first kappa shape index (κ1) is 37.9. The van der Waals surface area contributed by atoms with Crippen LogP contribution in [0.2, 0.25) is 0 Å². The molecule has 0 bridgehead atoms. The summed E-state index contributed by atoms with van der Waals surface area (Å²) in [5, 5.41) is 12.0. The van der Waals surface area contributed by atoms with E-state index in [4.69, 9.17) is 13.0 Å². The van der Waals surface area contributed by atoms with Gasteiger partial charge in [0.1, 0.15) is 35.5 Å². The van der Waals surface area contributed by atoms with Gasteiger partial charge in [0.05, 0.1) is 21.1 Å². The lowest BCUT2D eigenvalue weighted by Crippen LogP contribution is -3.00. The standard InChI is InChI=1S/C10H14NO.C7H4FNO.C7H5FO.CHF3O3S.FH/c1-11(2,3)10-6-4-9(8-12)5-7-10;8-7-3-1-6(2-4-7)5-9-10;8-7-3-1-6(5-9)2-4-7;2-1(3,4)8(5,6)7;/h4-8H,1-3H3;1-4H;1-5H;(H,5,6,7);1H/q+1;;;;/p-2/i;2*8-1;;1-1. The van der Waals surface area contributed by atoms with E-state index in [1.165, 1.54) is 54.2 Å². The van der Waals surface area contributed by atoms with Gasteiger partial charge in [0.25, 0.3) is 0 Å². The van der Waals surface area contributed by atoms with Gasteiger partial charge in [0.15, 0.2) is 10.1 Å². The maximum Gasteiger partial charge on any atom is 0.485 e. The fourth-order valence-electron chi connectivity index (χ4n) is 2.12. The first-order valence-corrected chi connectivity index (χ1v) is 11.8. The van der Waals surface area contributed by atoms with Crippen LogP contribution < -0.4 is 9.19 Å². The van der Waals surface area contributed by atoms with Gasteiger partial charge < -0.3 is 14.5 Å². The van der Waals surface area contributed by atoms with E-state index >= 15 is 0 Å². The Hall–Kier alpha value is -4.26. The number of halogens is 6. The number of benzene rings is 3. The summed E-state index contributed by atoms with van der Waals surface area (Å²) in [6, 6.07) is 20.5. The molecule has 3 rings (SSSR count). The van der Waals surface area contributed by atoms with Gasteiger partial charge in [0, 0.05) is 16.1 Å². The van der Waals surface area contributed by atoms with Crippen LogP contribution in [0.3, 0.4) is 0 Å². The molecule has 0 radical (unpaired) electrons. The van der Waals surface area contributed by atoms with Crippen molar-refractivity contribution in [3.8, 4) is 6.07 Å². The number of carbonyl (C=O) groups is 2. The van der Waals surface area contributed by atoms with Crippen molar-refractivity contribution in [2.75, 3.05) is 21.1 Å². The zero-order valence-corrected chi connectivity index (χ0v) is 21.9. The van der Waals surface area contributed by atoms with Gasteiger partial charge in [-0.25, -0.2) is 17.2 Å². The van der Waals surface area contributed by atoms with E-state index in [0.717, 1.165) is 16.3 Å². The average Bonchev–Trinajstić information content (AvgIpc) is 2.86.